The summed E-state index contributed by atoms with van der Waals surface area (Å²) in [7, 11) is 0. The SMILES string of the molecule is O=C(c1cccc2ncccc12)c1coc2ccccc12. The first-order chi connectivity index (χ1) is 10.3. The highest BCUT2D eigenvalue weighted by atomic mass is 16.3. The fourth-order valence-corrected chi connectivity index (χ4v) is 2.60. The third-order valence-electron chi connectivity index (χ3n) is 3.62. The van der Waals surface area contributed by atoms with Gasteiger partial charge < -0.3 is 4.42 Å². The number of carbonyl (C=O) groups is 1. The van der Waals surface area contributed by atoms with E-state index in [1.807, 2.05) is 54.6 Å². The molecule has 0 aliphatic carbocycles. The van der Waals surface area contributed by atoms with Crippen molar-refractivity contribution < 1.29 is 9.21 Å². The van der Waals surface area contributed by atoms with Crippen molar-refractivity contribution >= 4 is 27.7 Å². The second-order valence-electron chi connectivity index (χ2n) is 4.85. The summed E-state index contributed by atoms with van der Waals surface area (Å²) >= 11 is 0. The summed E-state index contributed by atoms with van der Waals surface area (Å²) in [5.41, 5.74) is 2.77. The van der Waals surface area contributed by atoms with Gasteiger partial charge in [0.25, 0.3) is 0 Å². The Kier molecular flexibility index (Phi) is 2.57. The van der Waals surface area contributed by atoms with Crippen molar-refractivity contribution in [2.24, 2.45) is 0 Å². The molecule has 0 spiro atoms. The quantitative estimate of drug-likeness (QED) is 0.514. The van der Waals surface area contributed by atoms with Gasteiger partial charge in [-0.25, -0.2) is 0 Å². The van der Waals surface area contributed by atoms with Crippen LogP contribution >= 0.6 is 0 Å². The molecule has 0 aliphatic rings. The van der Waals surface area contributed by atoms with Crippen LogP contribution in [-0.2, 0) is 0 Å². The highest BCUT2D eigenvalue weighted by Gasteiger charge is 2.17. The molecule has 21 heavy (non-hydrogen) atoms. The molecule has 0 fully saturated rings. The van der Waals surface area contributed by atoms with Crippen LogP contribution < -0.4 is 0 Å². The number of fused-ring (bicyclic) bond motifs is 2. The van der Waals surface area contributed by atoms with Crippen molar-refractivity contribution in [2.75, 3.05) is 0 Å². The van der Waals surface area contributed by atoms with Crippen LogP contribution in [0.25, 0.3) is 21.9 Å². The Morgan fingerprint density at radius 1 is 0.857 bits per heavy atom. The molecule has 3 heteroatoms. The van der Waals surface area contributed by atoms with Gasteiger partial charge in [-0.1, -0.05) is 36.4 Å². The highest BCUT2D eigenvalue weighted by molar-refractivity contribution is 6.20. The Morgan fingerprint density at radius 3 is 2.67 bits per heavy atom. The molecule has 4 rings (SSSR count). The Balaban J connectivity index is 1.95. The molecule has 0 aliphatic heterocycles. The predicted octanol–water partition coefficient (Wildman–Crippen LogP) is 4.21. The van der Waals surface area contributed by atoms with Crippen molar-refractivity contribution in [1.29, 1.82) is 0 Å². The smallest absolute Gasteiger partial charge is 0.197 e. The van der Waals surface area contributed by atoms with Gasteiger partial charge in [-0.15, -0.1) is 0 Å². The van der Waals surface area contributed by atoms with Crippen LogP contribution in [0.2, 0.25) is 0 Å². The molecule has 2 aromatic heterocycles. The Bertz CT molecular complexity index is 964. The summed E-state index contributed by atoms with van der Waals surface area (Å²) in [5.74, 6) is -0.0430. The maximum absolute atomic E-state index is 12.8. The number of hydrogen-bond acceptors (Lipinski definition) is 3. The molecule has 0 N–H and O–H groups in total. The minimum absolute atomic E-state index is 0.0430. The van der Waals surface area contributed by atoms with Gasteiger partial charge in [0.15, 0.2) is 5.78 Å². The first-order valence-corrected chi connectivity index (χ1v) is 6.69. The molecule has 2 heterocycles. The molecule has 0 atom stereocenters. The third kappa shape index (κ3) is 1.82. The summed E-state index contributed by atoms with van der Waals surface area (Å²) in [4.78, 5) is 17.1. The highest BCUT2D eigenvalue weighted by Crippen LogP contribution is 2.26. The van der Waals surface area contributed by atoms with Crippen molar-refractivity contribution in [3.05, 3.63) is 78.2 Å². The maximum Gasteiger partial charge on any atom is 0.197 e. The lowest BCUT2D eigenvalue weighted by molar-refractivity contribution is 0.104. The minimum atomic E-state index is -0.0430. The normalized spacial score (nSPS) is 11.0. The number of para-hydroxylation sites is 1. The lowest BCUT2D eigenvalue weighted by atomic mass is 9.99. The number of hydrogen-bond donors (Lipinski definition) is 0. The number of ketones is 1. The van der Waals surface area contributed by atoms with Crippen LogP contribution in [0.1, 0.15) is 15.9 Å². The lowest BCUT2D eigenvalue weighted by Gasteiger charge is -2.04. The molecule has 0 saturated heterocycles. The second kappa shape index (κ2) is 4.56. The van der Waals surface area contributed by atoms with Gasteiger partial charge >= 0.3 is 0 Å². The summed E-state index contributed by atoms with van der Waals surface area (Å²) in [5, 5.41) is 1.69. The number of furan rings is 1. The average Bonchev–Trinajstić information content (AvgIpc) is 2.98. The van der Waals surface area contributed by atoms with Crippen LogP contribution in [-0.4, -0.2) is 10.8 Å². The number of benzene rings is 2. The number of carbonyl (C=O) groups excluding carboxylic acids is 1. The van der Waals surface area contributed by atoms with E-state index in [2.05, 4.69) is 4.98 Å². The molecule has 0 radical (unpaired) electrons. The Labute approximate surface area is 120 Å². The number of aromatic nitrogens is 1. The van der Waals surface area contributed by atoms with Crippen LogP contribution in [0.15, 0.2) is 71.5 Å². The maximum atomic E-state index is 12.8. The van der Waals surface area contributed by atoms with E-state index in [1.54, 1.807) is 6.20 Å². The van der Waals surface area contributed by atoms with Crippen LogP contribution in [0, 0.1) is 0 Å². The van der Waals surface area contributed by atoms with E-state index in [9.17, 15) is 4.79 Å². The largest absolute Gasteiger partial charge is 0.464 e. The predicted molar refractivity (Wildman–Crippen MR) is 81.4 cm³/mol. The van der Waals surface area contributed by atoms with Gasteiger partial charge in [-0.3, -0.25) is 9.78 Å². The first-order valence-electron chi connectivity index (χ1n) is 6.69. The zero-order valence-electron chi connectivity index (χ0n) is 11.1. The number of nitrogens with zero attached hydrogens (tertiary/aromatic N) is 1. The van der Waals surface area contributed by atoms with E-state index in [0.717, 1.165) is 21.9 Å². The van der Waals surface area contributed by atoms with E-state index in [-0.39, 0.29) is 5.78 Å². The average molecular weight is 273 g/mol. The van der Waals surface area contributed by atoms with Crippen molar-refractivity contribution in [2.45, 2.75) is 0 Å². The zero-order valence-corrected chi connectivity index (χ0v) is 11.1. The zero-order chi connectivity index (χ0) is 14.2. The second-order valence-corrected chi connectivity index (χ2v) is 4.85. The van der Waals surface area contributed by atoms with Crippen molar-refractivity contribution in [3.8, 4) is 0 Å². The molecule has 100 valence electrons. The van der Waals surface area contributed by atoms with Crippen LogP contribution in [0.4, 0.5) is 0 Å². The lowest BCUT2D eigenvalue weighted by Crippen LogP contribution is -2.01. The van der Waals surface area contributed by atoms with Crippen molar-refractivity contribution in [3.63, 3.8) is 0 Å². The Hall–Kier alpha value is -2.94. The minimum Gasteiger partial charge on any atom is -0.464 e. The molecule has 3 nitrogen and oxygen atoms in total. The molecule has 0 amide bonds. The fraction of sp³-hybridized carbons (Fsp3) is 0. The molecule has 0 bridgehead atoms. The molecular weight excluding hydrogens is 262 g/mol. The van der Waals surface area contributed by atoms with Gasteiger partial charge in [-0.05, 0) is 18.2 Å². The van der Waals surface area contributed by atoms with Gasteiger partial charge in [0.1, 0.15) is 11.8 Å². The van der Waals surface area contributed by atoms with Gasteiger partial charge in [0.05, 0.1) is 11.1 Å². The molecule has 2 aromatic carbocycles. The summed E-state index contributed by atoms with van der Waals surface area (Å²) in [6.07, 6.45) is 3.26. The summed E-state index contributed by atoms with van der Waals surface area (Å²) in [6, 6.07) is 16.9. The summed E-state index contributed by atoms with van der Waals surface area (Å²) in [6.45, 7) is 0. The fourth-order valence-electron chi connectivity index (χ4n) is 2.60. The number of pyridine rings is 1. The molecular formula is C18H11NO2. The molecule has 4 aromatic rings. The first kappa shape index (κ1) is 11.9. The van der Waals surface area contributed by atoms with Crippen LogP contribution in [0.5, 0.6) is 0 Å². The third-order valence-corrected chi connectivity index (χ3v) is 3.62. The van der Waals surface area contributed by atoms with E-state index < -0.39 is 0 Å². The van der Waals surface area contributed by atoms with E-state index >= 15 is 0 Å². The van der Waals surface area contributed by atoms with E-state index in [4.69, 9.17) is 4.42 Å². The van der Waals surface area contributed by atoms with Crippen LogP contribution in [0.3, 0.4) is 0 Å². The Morgan fingerprint density at radius 2 is 1.71 bits per heavy atom. The standard InChI is InChI=1S/C18H11NO2/c20-18(15-11-21-17-9-2-1-5-13(15)17)14-6-3-8-16-12(14)7-4-10-19-16/h1-11H. The van der Waals surface area contributed by atoms with Gasteiger partial charge in [0.2, 0.25) is 0 Å². The molecule has 0 saturated carbocycles. The summed E-state index contributed by atoms with van der Waals surface area (Å²) < 4.78 is 5.47. The van der Waals surface area contributed by atoms with E-state index in [0.29, 0.717) is 11.1 Å². The van der Waals surface area contributed by atoms with Crippen molar-refractivity contribution in [1.82, 2.24) is 4.98 Å². The van der Waals surface area contributed by atoms with Gasteiger partial charge in [-0.2, -0.15) is 0 Å². The van der Waals surface area contributed by atoms with E-state index in [1.165, 1.54) is 6.26 Å². The van der Waals surface area contributed by atoms with Gasteiger partial charge in [0, 0.05) is 22.5 Å². The number of rotatable bonds is 2. The monoisotopic (exact) mass is 273 g/mol. The topological polar surface area (TPSA) is 43.1 Å². The molecule has 0 unspecified atom stereocenters.